The van der Waals surface area contributed by atoms with Gasteiger partial charge in [-0.15, -0.1) is 0 Å². The molecular weight excluding hydrogens is 460 g/mol. The third kappa shape index (κ3) is 4.55. The lowest BCUT2D eigenvalue weighted by molar-refractivity contribution is 0.0487. The van der Waals surface area contributed by atoms with Crippen molar-refractivity contribution in [3.05, 3.63) is 68.0 Å². The van der Waals surface area contributed by atoms with Crippen molar-refractivity contribution in [3.63, 3.8) is 0 Å². The van der Waals surface area contributed by atoms with E-state index in [1.807, 2.05) is 26.0 Å². The number of amides is 1. The molecule has 0 atom stereocenters. The minimum absolute atomic E-state index is 0.153. The largest absolute Gasteiger partial charge is 0.494 e. The number of aryl methyl sites for hydroxylation is 1. The van der Waals surface area contributed by atoms with Crippen LogP contribution in [0.4, 0.5) is 0 Å². The summed E-state index contributed by atoms with van der Waals surface area (Å²) in [6, 6.07) is 9.75. The molecule has 9 nitrogen and oxygen atoms in total. The van der Waals surface area contributed by atoms with Crippen LogP contribution in [0.5, 0.6) is 5.75 Å². The minimum atomic E-state index is -0.591. The maximum Gasteiger partial charge on any atom is 0.329 e. The fourth-order valence-electron chi connectivity index (χ4n) is 5.10. The first kappa shape index (κ1) is 24.2. The third-order valence-corrected chi connectivity index (χ3v) is 7.34. The number of nitrogens with one attached hydrogen (secondary N) is 2. The highest BCUT2D eigenvalue weighted by molar-refractivity contribution is 6.05. The summed E-state index contributed by atoms with van der Waals surface area (Å²) >= 11 is 0. The molecule has 1 saturated carbocycles. The van der Waals surface area contributed by atoms with Gasteiger partial charge in [-0.1, -0.05) is 12.1 Å². The van der Waals surface area contributed by atoms with Crippen molar-refractivity contribution < 1.29 is 14.3 Å². The van der Waals surface area contributed by atoms with Crippen molar-refractivity contribution in [3.8, 4) is 5.75 Å². The van der Waals surface area contributed by atoms with Gasteiger partial charge < -0.3 is 14.8 Å². The lowest BCUT2D eigenvalue weighted by Crippen LogP contribution is -2.45. The van der Waals surface area contributed by atoms with Crippen molar-refractivity contribution in [1.29, 1.82) is 0 Å². The number of carbonyl (C=O) groups excluding carboxylic acids is 1. The van der Waals surface area contributed by atoms with Crippen molar-refractivity contribution in [2.45, 2.75) is 57.4 Å². The van der Waals surface area contributed by atoms with Crippen LogP contribution in [0.2, 0.25) is 0 Å². The highest BCUT2D eigenvalue weighted by atomic mass is 16.5. The predicted molar refractivity (Wildman–Crippen MR) is 136 cm³/mol. The van der Waals surface area contributed by atoms with Crippen molar-refractivity contribution in [2.75, 3.05) is 26.4 Å². The molecule has 190 valence electrons. The van der Waals surface area contributed by atoms with Gasteiger partial charge in [0.25, 0.3) is 11.5 Å². The number of ether oxygens (including phenoxy) is 2. The Morgan fingerprint density at radius 3 is 2.56 bits per heavy atom. The van der Waals surface area contributed by atoms with Crippen molar-refractivity contribution in [1.82, 2.24) is 19.9 Å². The third-order valence-electron chi connectivity index (χ3n) is 7.34. The summed E-state index contributed by atoms with van der Waals surface area (Å²) in [4.78, 5) is 45.9. The number of aromatic nitrogens is 3. The molecule has 1 aromatic carbocycles. The zero-order valence-corrected chi connectivity index (χ0v) is 20.8. The number of aromatic amines is 1. The number of H-pyrrole nitrogens is 1. The summed E-state index contributed by atoms with van der Waals surface area (Å²) in [6.45, 7) is 6.32. The molecule has 5 rings (SSSR count). The maximum atomic E-state index is 13.6. The lowest BCUT2D eigenvalue weighted by Gasteiger charge is -2.38. The fourth-order valence-corrected chi connectivity index (χ4v) is 5.10. The molecule has 1 saturated heterocycles. The van der Waals surface area contributed by atoms with E-state index in [9.17, 15) is 14.4 Å². The molecule has 2 fully saturated rings. The summed E-state index contributed by atoms with van der Waals surface area (Å²) in [5, 5.41) is 3.27. The Balaban J connectivity index is 1.50. The minimum Gasteiger partial charge on any atom is -0.494 e. The molecule has 0 spiro atoms. The number of hydrogen-bond acceptors (Lipinski definition) is 6. The fraction of sp³-hybridized carbons (Fsp3) is 0.481. The standard InChI is InChI=1S/C27H32N4O5/c1-3-31-23-22(25(33)30-26(31)34)20(15-21(29-23)17-5-6-17)24(32)28-16-27(11-13-35-14-12-27)18-7-9-19(10-8-18)36-4-2/h7-10,15,17H,3-6,11-14,16H2,1-2H3,(H,28,32)(H,30,33,34). The Kier molecular flexibility index (Phi) is 6.66. The van der Waals surface area contributed by atoms with Crippen LogP contribution in [-0.2, 0) is 16.7 Å². The molecule has 1 amide bonds. The van der Waals surface area contributed by atoms with E-state index in [0.29, 0.717) is 32.9 Å². The van der Waals surface area contributed by atoms with E-state index >= 15 is 0 Å². The second kappa shape index (κ2) is 9.89. The number of fused-ring (bicyclic) bond motifs is 1. The highest BCUT2D eigenvalue weighted by Crippen LogP contribution is 2.40. The van der Waals surface area contributed by atoms with Gasteiger partial charge in [0.15, 0.2) is 5.65 Å². The smallest absolute Gasteiger partial charge is 0.329 e. The van der Waals surface area contributed by atoms with E-state index in [2.05, 4.69) is 27.4 Å². The van der Waals surface area contributed by atoms with Crippen LogP contribution in [0, 0.1) is 0 Å². The molecule has 1 aliphatic heterocycles. The van der Waals surface area contributed by atoms with Crippen molar-refractivity contribution in [2.24, 2.45) is 0 Å². The molecule has 0 radical (unpaired) electrons. The van der Waals surface area contributed by atoms with Gasteiger partial charge in [-0.3, -0.25) is 19.1 Å². The topological polar surface area (TPSA) is 115 Å². The number of benzene rings is 1. The summed E-state index contributed by atoms with van der Waals surface area (Å²) in [5.41, 5.74) is 1.01. The average Bonchev–Trinajstić information content (AvgIpc) is 3.74. The van der Waals surface area contributed by atoms with Crippen LogP contribution >= 0.6 is 0 Å². The van der Waals surface area contributed by atoms with E-state index in [4.69, 9.17) is 9.47 Å². The Bertz CT molecular complexity index is 1380. The zero-order chi connectivity index (χ0) is 25.3. The first-order valence-electron chi connectivity index (χ1n) is 12.7. The number of hydrogen-bond donors (Lipinski definition) is 2. The summed E-state index contributed by atoms with van der Waals surface area (Å²) < 4.78 is 12.6. The monoisotopic (exact) mass is 492 g/mol. The van der Waals surface area contributed by atoms with Crippen LogP contribution in [0.1, 0.15) is 67.1 Å². The van der Waals surface area contributed by atoms with Crippen LogP contribution in [0.3, 0.4) is 0 Å². The van der Waals surface area contributed by atoms with Gasteiger partial charge in [0.1, 0.15) is 5.75 Å². The van der Waals surface area contributed by atoms with E-state index in [-0.39, 0.29) is 33.8 Å². The van der Waals surface area contributed by atoms with Gasteiger partial charge >= 0.3 is 5.69 Å². The van der Waals surface area contributed by atoms with Crippen LogP contribution in [0.25, 0.3) is 11.0 Å². The number of rotatable bonds is 8. The second-order valence-corrected chi connectivity index (χ2v) is 9.60. The molecule has 2 aromatic heterocycles. The van der Waals surface area contributed by atoms with Gasteiger partial charge in [0.05, 0.1) is 17.6 Å². The zero-order valence-electron chi connectivity index (χ0n) is 20.8. The molecule has 3 aromatic rings. The van der Waals surface area contributed by atoms with E-state index in [0.717, 1.165) is 42.7 Å². The molecule has 36 heavy (non-hydrogen) atoms. The molecule has 2 aliphatic rings. The highest BCUT2D eigenvalue weighted by Gasteiger charge is 2.36. The second-order valence-electron chi connectivity index (χ2n) is 9.60. The lowest BCUT2D eigenvalue weighted by atomic mass is 9.74. The van der Waals surface area contributed by atoms with E-state index < -0.39 is 11.2 Å². The Labute approximate surface area is 208 Å². The number of nitrogens with zero attached hydrogens (tertiary/aromatic N) is 2. The molecule has 3 heterocycles. The molecule has 9 heteroatoms. The van der Waals surface area contributed by atoms with Gasteiger partial charge in [-0.05, 0) is 63.3 Å². The summed E-state index contributed by atoms with van der Waals surface area (Å²) in [7, 11) is 0. The van der Waals surface area contributed by atoms with Gasteiger partial charge in [0.2, 0.25) is 0 Å². The quantitative estimate of drug-likeness (QED) is 0.500. The molecule has 0 bridgehead atoms. The van der Waals surface area contributed by atoms with Gasteiger partial charge in [0, 0.05) is 43.3 Å². The summed E-state index contributed by atoms with van der Waals surface area (Å²) in [6.07, 6.45) is 3.50. The van der Waals surface area contributed by atoms with Gasteiger partial charge in [-0.25, -0.2) is 9.78 Å². The van der Waals surface area contributed by atoms with Gasteiger partial charge in [-0.2, -0.15) is 0 Å². The average molecular weight is 493 g/mol. The molecule has 0 unspecified atom stereocenters. The Morgan fingerprint density at radius 1 is 1.19 bits per heavy atom. The first-order chi connectivity index (χ1) is 17.5. The molecular formula is C27H32N4O5. The SMILES string of the molecule is CCOc1ccc(C2(CNC(=O)c3cc(C4CC4)nc4c3c(=O)[nH]c(=O)n4CC)CCOCC2)cc1. The molecule has 1 aliphatic carbocycles. The first-order valence-corrected chi connectivity index (χ1v) is 12.7. The predicted octanol–water partition coefficient (Wildman–Crippen LogP) is 2.86. The normalized spacial score (nSPS) is 17.2. The van der Waals surface area contributed by atoms with Crippen LogP contribution < -0.4 is 21.3 Å². The maximum absolute atomic E-state index is 13.6. The van der Waals surface area contributed by atoms with E-state index in [1.54, 1.807) is 6.07 Å². The van der Waals surface area contributed by atoms with Crippen LogP contribution in [0.15, 0.2) is 39.9 Å². The Morgan fingerprint density at radius 2 is 1.92 bits per heavy atom. The van der Waals surface area contributed by atoms with Crippen molar-refractivity contribution >= 4 is 16.9 Å². The van der Waals surface area contributed by atoms with E-state index in [1.165, 1.54) is 4.57 Å². The number of pyridine rings is 1. The number of carbonyl (C=O) groups is 1. The summed E-state index contributed by atoms with van der Waals surface area (Å²) in [5.74, 6) is 0.726. The molecule has 2 N–H and O–H groups in total. The Hall–Kier alpha value is -3.46. The van der Waals surface area contributed by atoms with Crippen LogP contribution in [-0.4, -0.2) is 46.8 Å².